The lowest BCUT2D eigenvalue weighted by Crippen LogP contribution is -2.27. The molecule has 0 aliphatic heterocycles. The van der Waals surface area contributed by atoms with Crippen LogP contribution in [0.4, 0.5) is 30.2 Å². The van der Waals surface area contributed by atoms with Crippen LogP contribution in [-0.2, 0) is 24.6 Å². The number of hydrogen-bond acceptors (Lipinski definition) is 6. The molecule has 0 bridgehead atoms. The fourth-order valence-corrected chi connectivity index (χ4v) is 3.84. The molecule has 1 aromatic carbocycles. The molecule has 0 radical (unpaired) electrons. The molecule has 4 aromatic heterocycles. The van der Waals surface area contributed by atoms with E-state index in [4.69, 9.17) is 0 Å². The number of nitrogens with zero attached hydrogens (tertiary/aromatic N) is 5. The van der Waals surface area contributed by atoms with Gasteiger partial charge in [0.1, 0.15) is 6.54 Å². The van der Waals surface area contributed by atoms with Gasteiger partial charge < -0.3 is 15.2 Å². The van der Waals surface area contributed by atoms with Gasteiger partial charge in [-0.1, -0.05) is 26.0 Å². The van der Waals surface area contributed by atoms with Crippen LogP contribution in [0.5, 0.6) is 0 Å². The van der Waals surface area contributed by atoms with Gasteiger partial charge in [0.05, 0.1) is 46.6 Å². The predicted molar refractivity (Wildman–Crippen MR) is 139 cm³/mol. The third kappa shape index (κ3) is 5.48. The molecular weight excluding hydrogens is 499 g/mol. The Labute approximate surface area is 214 Å². The van der Waals surface area contributed by atoms with Crippen molar-refractivity contribution in [3.05, 3.63) is 83.3 Å². The van der Waals surface area contributed by atoms with Gasteiger partial charge in [0.2, 0.25) is 5.91 Å². The van der Waals surface area contributed by atoms with Crippen molar-refractivity contribution in [2.24, 2.45) is 7.05 Å². The number of pyridine rings is 3. The normalized spacial score (nSPS) is 11.2. The lowest BCUT2D eigenvalue weighted by Gasteiger charge is -2.13. The first-order valence-corrected chi connectivity index (χ1v) is 11.7. The number of hydrogen-bond donors (Lipinski definition) is 2. The third-order valence-electron chi connectivity index (χ3n) is 5.52. The highest BCUT2D eigenvalue weighted by atomic mass is 19.4. The minimum absolute atomic E-state index is 0.121. The van der Waals surface area contributed by atoms with Crippen molar-refractivity contribution in [1.82, 2.24) is 24.3 Å². The summed E-state index contributed by atoms with van der Waals surface area (Å²) in [7, 11) is 1.79. The first-order chi connectivity index (χ1) is 18.2. The van der Waals surface area contributed by atoms with Gasteiger partial charge in [-0.2, -0.15) is 18.3 Å². The highest BCUT2D eigenvalue weighted by Crippen LogP contribution is 2.30. The molecule has 0 unspecified atom stereocenters. The Morgan fingerprint density at radius 1 is 1.00 bits per heavy atom. The van der Waals surface area contributed by atoms with Crippen molar-refractivity contribution in [2.75, 3.05) is 10.6 Å². The number of halogens is 3. The maximum absolute atomic E-state index is 13.3. The van der Waals surface area contributed by atoms with Crippen LogP contribution in [0.1, 0.15) is 19.4 Å². The SMILES string of the molecule is CC.Cn1ncc2cc(Nc3cccc4ccn(CC(=O)Nc5cncc(C(F)(F)F)c5)c(=O)c34)cnc21. The summed E-state index contributed by atoms with van der Waals surface area (Å²) >= 11 is 0. The summed E-state index contributed by atoms with van der Waals surface area (Å²) in [5.41, 5.74) is 0.320. The zero-order valence-electron chi connectivity index (χ0n) is 20.7. The fourth-order valence-electron chi connectivity index (χ4n) is 3.84. The van der Waals surface area contributed by atoms with E-state index in [1.165, 1.54) is 10.8 Å². The smallest absolute Gasteiger partial charge is 0.354 e. The Morgan fingerprint density at radius 2 is 1.79 bits per heavy atom. The molecule has 2 N–H and O–H groups in total. The van der Waals surface area contributed by atoms with E-state index in [0.717, 1.165) is 17.6 Å². The first-order valence-electron chi connectivity index (χ1n) is 11.7. The minimum Gasteiger partial charge on any atom is -0.354 e. The predicted octanol–water partition coefficient (Wildman–Crippen LogP) is 5.11. The Morgan fingerprint density at radius 3 is 2.55 bits per heavy atom. The number of amides is 1. The molecular formula is C26H24F3N7O2. The van der Waals surface area contributed by atoms with Crippen LogP contribution >= 0.6 is 0 Å². The second kappa shape index (κ2) is 10.7. The second-order valence-electron chi connectivity index (χ2n) is 8.06. The van der Waals surface area contributed by atoms with E-state index in [1.807, 2.05) is 19.9 Å². The van der Waals surface area contributed by atoms with Crippen molar-refractivity contribution in [2.45, 2.75) is 26.6 Å². The van der Waals surface area contributed by atoms with Crippen molar-refractivity contribution >= 4 is 44.8 Å². The van der Waals surface area contributed by atoms with E-state index in [2.05, 4.69) is 25.7 Å². The summed E-state index contributed by atoms with van der Waals surface area (Å²) in [5.74, 6) is -0.672. The van der Waals surface area contributed by atoms with Crippen molar-refractivity contribution in [3.63, 3.8) is 0 Å². The highest BCUT2D eigenvalue weighted by molar-refractivity contribution is 5.96. The van der Waals surface area contributed by atoms with Crippen LogP contribution in [0.3, 0.4) is 0 Å². The van der Waals surface area contributed by atoms with Gasteiger partial charge in [0.25, 0.3) is 5.56 Å². The number of alkyl halides is 3. The molecule has 196 valence electrons. The Balaban J connectivity index is 0.00000164. The molecule has 12 heteroatoms. The molecule has 0 fully saturated rings. The summed E-state index contributed by atoms with van der Waals surface area (Å²) in [6.07, 6.45) is 1.94. The molecule has 0 saturated heterocycles. The van der Waals surface area contributed by atoms with Gasteiger partial charge in [-0.15, -0.1) is 0 Å². The number of rotatable bonds is 5. The summed E-state index contributed by atoms with van der Waals surface area (Å²) in [6.45, 7) is 3.60. The topological polar surface area (TPSA) is 107 Å². The highest BCUT2D eigenvalue weighted by Gasteiger charge is 2.31. The number of nitrogens with one attached hydrogen (secondary N) is 2. The molecule has 0 atom stereocenters. The minimum atomic E-state index is -4.59. The molecule has 0 saturated carbocycles. The first kappa shape index (κ1) is 26.3. The Bertz CT molecular complexity index is 1680. The van der Waals surface area contributed by atoms with Crippen molar-refractivity contribution in [1.29, 1.82) is 0 Å². The summed E-state index contributed by atoms with van der Waals surface area (Å²) in [4.78, 5) is 33.7. The maximum atomic E-state index is 13.3. The van der Waals surface area contributed by atoms with E-state index >= 15 is 0 Å². The lowest BCUT2D eigenvalue weighted by atomic mass is 10.1. The second-order valence-corrected chi connectivity index (χ2v) is 8.06. The standard InChI is InChI=1S/C24H18F3N7O2.C2H6/c1-33-22-15(9-30-33)7-17(12-29-22)31-19-4-2-3-14-5-6-34(23(36)21(14)19)13-20(35)32-18-8-16(10-28-11-18)24(25,26)27;1-2/h2-12,31H,13H2,1H3,(H,32,35);1-2H3. The summed E-state index contributed by atoms with van der Waals surface area (Å²) in [5, 5.41) is 11.5. The van der Waals surface area contributed by atoms with E-state index in [1.54, 1.807) is 48.4 Å². The van der Waals surface area contributed by atoms with Crippen molar-refractivity contribution in [3.8, 4) is 0 Å². The number of carbonyl (C=O) groups excluding carboxylic acids is 1. The fraction of sp³-hybridized carbons (Fsp3) is 0.192. The van der Waals surface area contributed by atoms with E-state index in [0.29, 0.717) is 34.0 Å². The average molecular weight is 524 g/mol. The van der Waals surface area contributed by atoms with E-state index in [-0.39, 0.29) is 5.69 Å². The van der Waals surface area contributed by atoms with Crippen LogP contribution in [0.2, 0.25) is 0 Å². The molecule has 9 nitrogen and oxygen atoms in total. The van der Waals surface area contributed by atoms with Crippen LogP contribution in [0.15, 0.2) is 72.2 Å². The quantitative estimate of drug-likeness (QED) is 0.332. The lowest BCUT2D eigenvalue weighted by molar-refractivity contribution is -0.137. The zero-order chi connectivity index (χ0) is 27.4. The van der Waals surface area contributed by atoms with Gasteiger partial charge in [-0.25, -0.2) is 4.98 Å². The van der Waals surface area contributed by atoms with Gasteiger partial charge >= 0.3 is 6.18 Å². The monoisotopic (exact) mass is 523 g/mol. The number of aromatic nitrogens is 5. The molecule has 38 heavy (non-hydrogen) atoms. The molecule has 0 spiro atoms. The third-order valence-corrected chi connectivity index (χ3v) is 5.52. The molecule has 5 aromatic rings. The summed E-state index contributed by atoms with van der Waals surface area (Å²) < 4.78 is 41.6. The van der Waals surface area contributed by atoms with Crippen molar-refractivity contribution < 1.29 is 18.0 Å². The van der Waals surface area contributed by atoms with Crippen LogP contribution in [-0.4, -0.2) is 30.2 Å². The molecule has 4 heterocycles. The molecule has 0 aliphatic carbocycles. The van der Waals surface area contributed by atoms with E-state index in [9.17, 15) is 22.8 Å². The summed E-state index contributed by atoms with van der Waals surface area (Å²) in [6, 6.07) is 9.61. The number of carbonyl (C=O) groups is 1. The van der Waals surface area contributed by atoms with Crippen LogP contribution in [0.25, 0.3) is 21.8 Å². The van der Waals surface area contributed by atoms with Gasteiger partial charge in [-0.3, -0.25) is 19.3 Å². The number of benzene rings is 1. The van der Waals surface area contributed by atoms with E-state index < -0.39 is 29.8 Å². The Kier molecular flexibility index (Phi) is 7.42. The average Bonchev–Trinajstić information content (AvgIpc) is 3.26. The molecule has 1 amide bonds. The molecule has 5 rings (SSSR count). The largest absolute Gasteiger partial charge is 0.417 e. The molecule has 0 aliphatic rings. The number of fused-ring (bicyclic) bond motifs is 2. The van der Waals surface area contributed by atoms with Gasteiger partial charge in [0.15, 0.2) is 5.65 Å². The van der Waals surface area contributed by atoms with Crippen LogP contribution < -0.4 is 16.2 Å². The Hall–Kier alpha value is -4.74. The maximum Gasteiger partial charge on any atom is 0.417 e. The van der Waals surface area contributed by atoms with Gasteiger partial charge in [-0.05, 0) is 29.7 Å². The van der Waals surface area contributed by atoms with Crippen LogP contribution in [0, 0.1) is 0 Å². The number of anilines is 3. The van der Waals surface area contributed by atoms with Gasteiger partial charge in [0, 0.05) is 24.8 Å². The zero-order valence-corrected chi connectivity index (χ0v) is 20.7. The number of aryl methyl sites for hydroxylation is 1.